The van der Waals surface area contributed by atoms with Crippen LogP contribution in [-0.2, 0) is 9.59 Å². The molecule has 0 unspecified atom stereocenters. The van der Waals surface area contributed by atoms with E-state index in [1.165, 1.54) is 18.0 Å². The maximum atomic E-state index is 13.7. The zero-order valence-corrected chi connectivity index (χ0v) is 23.0. The number of thioether (sulfide) groups is 1. The molecule has 0 radical (unpaired) electrons. The molecule has 1 aliphatic heterocycles. The molecule has 0 aliphatic carbocycles. The average Bonchev–Trinajstić information content (AvgIpc) is 3.40. The van der Waals surface area contributed by atoms with Crippen LogP contribution in [0.1, 0.15) is 35.3 Å². The van der Waals surface area contributed by atoms with Gasteiger partial charge >= 0.3 is 0 Å². The van der Waals surface area contributed by atoms with E-state index in [0.717, 1.165) is 22.4 Å². The third-order valence-electron chi connectivity index (χ3n) is 6.11. The first kappa shape index (κ1) is 27.1. The summed E-state index contributed by atoms with van der Waals surface area (Å²) in [5, 5.41) is 20.3. The van der Waals surface area contributed by atoms with Crippen molar-refractivity contribution in [3.63, 3.8) is 0 Å². The SMILES string of the molecule is CC1=C(C(=O)Nc2c(C)cc(C)cc2C)[C@@H](c2ccco2)C(C#N)=C(SCC(=O)Nc2ccc(Cl)cc2)N1. The first-order valence-electron chi connectivity index (χ1n) is 11.9. The average molecular weight is 547 g/mol. The Morgan fingerprint density at radius 2 is 1.76 bits per heavy atom. The van der Waals surface area contributed by atoms with Crippen LogP contribution in [0.2, 0.25) is 5.02 Å². The number of anilines is 2. The highest BCUT2D eigenvalue weighted by Gasteiger charge is 2.36. The summed E-state index contributed by atoms with van der Waals surface area (Å²) in [7, 11) is 0. The van der Waals surface area contributed by atoms with E-state index in [1.54, 1.807) is 43.3 Å². The van der Waals surface area contributed by atoms with Gasteiger partial charge in [-0.1, -0.05) is 41.1 Å². The summed E-state index contributed by atoms with van der Waals surface area (Å²) in [5.41, 5.74) is 5.63. The Morgan fingerprint density at radius 1 is 1.08 bits per heavy atom. The van der Waals surface area contributed by atoms with Crippen LogP contribution >= 0.6 is 23.4 Å². The molecule has 0 saturated heterocycles. The molecule has 1 atom stereocenters. The van der Waals surface area contributed by atoms with E-state index in [4.69, 9.17) is 16.0 Å². The summed E-state index contributed by atoms with van der Waals surface area (Å²) in [6, 6.07) is 16.5. The lowest BCUT2D eigenvalue weighted by Gasteiger charge is -2.28. The quantitative estimate of drug-likeness (QED) is 0.309. The number of nitriles is 1. The lowest BCUT2D eigenvalue weighted by molar-refractivity contribution is -0.114. The molecule has 9 heteroatoms. The van der Waals surface area contributed by atoms with Gasteiger partial charge in [-0.05, 0) is 75.2 Å². The van der Waals surface area contributed by atoms with Gasteiger partial charge < -0.3 is 20.4 Å². The van der Waals surface area contributed by atoms with E-state index in [9.17, 15) is 14.9 Å². The monoisotopic (exact) mass is 546 g/mol. The molecule has 0 saturated carbocycles. The second-order valence-electron chi connectivity index (χ2n) is 9.04. The molecule has 0 spiro atoms. The molecule has 2 heterocycles. The second-order valence-corrected chi connectivity index (χ2v) is 10.5. The highest BCUT2D eigenvalue weighted by Crippen LogP contribution is 2.41. The van der Waals surface area contributed by atoms with Crippen LogP contribution in [0.3, 0.4) is 0 Å². The van der Waals surface area contributed by atoms with Gasteiger partial charge in [0.1, 0.15) is 5.76 Å². The minimum absolute atomic E-state index is 0.0532. The highest BCUT2D eigenvalue weighted by molar-refractivity contribution is 8.03. The molecule has 0 bridgehead atoms. The number of rotatable bonds is 7. The number of nitrogens with one attached hydrogen (secondary N) is 3. The largest absolute Gasteiger partial charge is 0.468 e. The second kappa shape index (κ2) is 11.6. The maximum absolute atomic E-state index is 13.7. The number of amides is 2. The van der Waals surface area contributed by atoms with Crippen LogP contribution in [0.5, 0.6) is 0 Å². The number of allylic oxidation sites excluding steroid dienone is 2. The first-order valence-corrected chi connectivity index (χ1v) is 13.3. The fraction of sp³-hybridized carbons (Fsp3) is 0.207. The third-order valence-corrected chi connectivity index (χ3v) is 7.38. The molecule has 2 amide bonds. The van der Waals surface area contributed by atoms with E-state index in [1.807, 2.05) is 32.9 Å². The van der Waals surface area contributed by atoms with Crippen LogP contribution in [0.15, 0.2) is 81.1 Å². The zero-order valence-electron chi connectivity index (χ0n) is 21.4. The van der Waals surface area contributed by atoms with Gasteiger partial charge in [0.25, 0.3) is 5.91 Å². The van der Waals surface area contributed by atoms with Gasteiger partial charge in [0.05, 0.1) is 40.2 Å². The molecule has 3 N–H and O–H groups in total. The van der Waals surface area contributed by atoms with Crippen LogP contribution in [0.4, 0.5) is 11.4 Å². The molecule has 194 valence electrons. The predicted octanol–water partition coefficient (Wildman–Crippen LogP) is 6.56. The topological polar surface area (TPSA) is 107 Å². The molecule has 7 nitrogen and oxygen atoms in total. The Hall–Kier alpha value is -3.93. The molecular formula is C29H27ClN4O3S. The number of hydrogen-bond acceptors (Lipinski definition) is 6. The van der Waals surface area contributed by atoms with Crippen molar-refractivity contribution >= 4 is 46.6 Å². The number of furan rings is 1. The van der Waals surface area contributed by atoms with E-state index < -0.39 is 5.92 Å². The minimum atomic E-state index is -0.732. The maximum Gasteiger partial charge on any atom is 0.254 e. The Bertz CT molecular complexity index is 1460. The molecule has 3 aromatic rings. The van der Waals surface area contributed by atoms with Crippen molar-refractivity contribution in [2.24, 2.45) is 0 Å². The number of nitrogens with zero attached hydrogens (tertiary/aromatic N) is 1. The minimum Gasteiger partial charge on any atom is -0.468 e. The first-order chi connectivity index (χ1) is 18.2. The van der Waals surface area contributed by atoms with E-state index in [2.05, 4.69) is 22.0 Å². The molecule has 38 heavy (non-hydrogen) atoms. The standard InChI is InChI=1S/C29H27ClN4O3S/c1-16-12-17(2)27(18(3)13-16)34-28(36)25-19(4)32-29(22(14-31)26(25)23-6-5-11-37-23)38-15-24(35)33-21-9-7-20(30)8-10-21/h5-13,26,32H,15H2,1-4H3,(H,33,35)(H,34,36)/t26-/m1/s1. The number of hydrogen-bond donors (Lipinski definition) is 3. The van der Waals surface area contributed by atoms with Gasteiger partial charge in [-0.3, -0.25) is 9.59 Å². The number of halogens is 1. The number of dihydropyridines is 1. The van der Waals surface area contributed by atoms with E-state index in [0.29, 0.717) is 38.3 Å². The normalized spacial score (nSPS) is 15.1. The fourth-order valence-electron chi connectivity index (χ4n) is 4.49. The fourth-order valence-corrected chi connectivity index (χ4v) is 5.51. The van der Waals surface area contributed by atoms with Crippen LogP contribution in [0, 0.1) is 32.1 Å². The Morgan fingerprint density at radius 3 is 2.37 bits per heavy atom. The Balaban J connectivity index is 1.60. The van der Waals surface area contributed by atoms with Gasteiger partial charge in [-0.2, -0.15) is 5.26 Å². The molecule has 4 rings (SSSR count). The van der Waals surface area contributed by atoms with Gasteiger partial charge in [0, 0.05) is 22.1 Å². The third kappa shape index (κ3) is 5.96. The van der Waals surface area contributed by atoms with Crippen molar-refractivity contribution < 1.29 is 14.0 Å². The molecule has 1 aromatic heterocycles. The van der Waals surface area contributed by atoms with Crippen LogP contribution in [0.25, 0.3) is 0 Å². The van der Waals surface area contributed by atoms with Gasteiger partial charge in [-0.15, -0.1) is 0 Å². The van der Waals surface area contributed by atoms with Crippen molar-refractivity contribution in [3.05, 3.63) is 104 Å². The van der Waals surface area contributed by atoms with Crippen molar-refractivity contribution in [1.82, 2.24) is 5.32 Å². The van der Waals surface area contributed by atoms with Crippen molar-refractivity contribution in [2.45, 2.75) is 33.6 Å². The predicted molar refractivity (Wildman–Crippen MR) is 152 cm³/mol. The summed E-state index contributed by atoms with van der Waals surface area (Å²) >= 11 is 7.10. The van der Waals surface area contributed by atoms with E-state index in [-0.39, 0.29) is 17.6 Å². The van der Waals surface area contributed by atoms with Gasteiger partial charge in [0.2, 0.25) is 5.91 Å². The number of carbonyl (C=O) groups excluding carboxylic acids is 2. The lowest BCUT2D eigenvalue weighted by atomic mass is 9.85. The summed E-state index contributed by atoms with van der Waals surface area (Å²) < 4.78 is 5.68. The van der Waals surface area contributed by atoms with Crippen LogP contribution in [-0.4, -0.2) is 17.6 Å². The summed E-state index contributed by atoms with van der Waals surface area (Å²) in [4.78, 5) is 26.3. The molecule has 2 aromatic carbocycles. The molecular weight excluding hydrogens is 520 g/mol. The molecule has 0 fully saturated rings. The summed E-state index contributed by atoms with van der Waals surface area (Å²) in [6.45, 7) is 7.69. The van der Waals surface area contributed by atoms with Gasteiger partial charge in [0.15, 0.2) is 0 Å². The van der Waals surface area contributed by atoms with E-state index >= 15 is 0 Å². The molecule has 1 aliphatic rings. The summed E-state index contributed by atoms with van der Waals surface area (Å²) in [6.07, 6.45) is 1.51. The number of benzene rings is 2. The van der Waals surface area contributed by atoms with Gasteiger partial charge in [-0.25, -0.2) is 0 Å². The Kier molecular flexibility index (Phi) is 8.30. The van der Waals surface area contributed by atoms with Crippen molar-refractivity contribution in [1.29, 1.82) is 5.26 Å². The highest BCUT2D eigenvalue weighted by atomic mass is 35.5. The lowest BCUT2D eigenvalue weighted by Crippen LogP contribution is -2.31. The summed E-state index contributed by atoms with van der Waals surface area (Å²) in [5.74, 6) is -0.784. The van der Waals surface area contributed by atoms with Crippen LogP contribution < -0.4 is 16.0 Å². The Labute approximate surface area is 230 Å². The number of carbonyl (C=O) groups is 2. The van der Waals surface area contributed by atoms with Crippen molar-refractivity contribution in [3.8, 4) is 6.07 Å². The smallest absolute Gasteiger partial charge is 0.254 e. The number of aryl methyl sites for hydroxylation is 3. The zero-order chi connectivity index (χ0) is 27.4. The van der Waals surface area contributed by atoms with Crippen molar-refractivity contribution in [2.75, 3.05) is 16.4 Å².